The molecule has 7 nitrogen and oxygen atoms in total. The van der Waals surface area contributed by atoms with Crippen molar-refractivity contribution in [3.05, 3.63) is 27.1 Å². The van der Waals surface area contributed by atoms with Gasteiger partial charge in [0, 0.05) is 31.4 Å². The molecule has 3 heterocycles. The molecule has 0 radical (unpaired) electrons. The summed E-state index contributed by atoms with van der Waals surface area (Å²) < 4.78 is 7.07. The molecule has 0 bridgehead atoms. The van der Waals surface area contributed by atoms with Gasteiger partial charge in [-0.1, -0.05) is 11.3 Å². The molecule has 1 aliphatic heterocycles. The van der Waals surface area contributed by atoms with Gasteiger partial charge in [0.15, 0.2) is 0 Å². The van der Waals surface area contributed by atoms with E-state index >= 15 is 0 Å². The predicted molar refractivity (Wildman–Crippen MR) is 80.8 cm³/mol. The van der Waals surface area contributed by atoms with Crippen LogP contribution in [0.25, 0.3) is 4.96 Å². The van der Waals surface area contributed by atoms with E-state index in [2.05, 4.69) is 20.3 Å². The van der Waals surface area contributed by atoms with Gasteiger partial charge in [0.25, 0.3) is 5.56 Å². The number of hydrogen-bond acceptors (Lipinski definition) is 7. The van der Waals surface area contributed by atoms with Gasteiger partial charge in [-0.3, -0.25) is 9.69 Å². The van der Waals surface area contributed by atoms with Crippen LogP contribution in [0.4, 0.5) is 0 Å². The highest BCUT2D eigenvalue weighted by atomic mass is 32.1. The van der Waals surface area contributed by atoms with Crippen molar-refractivity contribution < 1.29 is 4.74 Å². The van der Waals surface area contributed by atoms with E-state index in [0.29, 0.717) is 11.5 Å². The second-order valence-electron chi connectivity index (χ2n) is 5.32. The van der Waals surface area contributed by atoms with Crippen molar-refractivity contribution in [1.29, 1.82) is 0 Å². The van der Waals surface area contributed by atoms with E-state index in [-0.39, 0.29) is 11.7 Å². The lowest BCUT2D eigenvalue weighted by molar-refractivity contribution is 0.00880. The Morgan fingerprint density at radius 3 is 3.24 bits per heavy atom. The van der Waals surface area contributed by atoms with Gasteiger partial charge in [-0.05, 0) is 14.0 Å². The highest BCUT2D eigenvalue weighted by Gasteiger charge is 2.17. The van der Waals surface area contributed by atoms with Crippen molar-refractivity contribution in [2.45, 2.75) is 19.6 Å². The first-order chi connectivity index (χ1) is 10.1. The Kier molecular flexibility index (Phi) is 4.29. The standard InChI is InChI=1S/C13H19N5O2S/c1-9-5-12(19)18-13(15-9)21-11(16-18)8-17(2)7-10-6-14-3-4-20-10/h5,10,14H,3-4,6-8H2,1-2H3. The molecule has 0 saturated carbocycles. The lowest BCUT2D eigenvalue weighted by Crippen LogP contribution is -2.44. The molecule has 2 aromatic rings. The SMILES string of the molecule is Cc1cc(=O)n2nc(CN(C)CC3CNCCO3)sc2n1. The fourth-order valence-electron chi connectivity index (χ4n) is 2.40. The molecule has 1 N–H and O–H groups in total. The molecule has 0 amide bonds. The van der Waals surface area contributed by atoms with Gasteiger partial charge in [-0.2, -0.15) is 9.61 Å². The van der Waals surface area contributed by atoms with Gasteiger partial charge in [-0.25, -0.2) is 4.98 Å². The fourth-order valence-corrected chi connectivity index (χ4v) is 3.43. The third-order valence-corrected chi connectivity index (χ3v) is 4.23. The third-order valence-electron chi connectivity index (χ3n) is 3.34. The van der Waals surface area contributed by atoms with Crippen LogP contribution in [0.1, 0.15) is 10.7 Å². The lowest BCUT2D eigenvalue weighted by Gasteiger charge is -2.27. The van der Waals surface area contributed by atoms with E-state index in [0.717, 1.165) is 36.9 Å². The van der Waals surface area contributed by atoms with E-state index in [4.69, 9.17) is 4.74 Å². The molecule has 2 aromatic heterocycles. The number of rotatable bonds is 4. The summed E-state index contributed by atoms with van der Waals surface area (Å²) in [4.78, 5) is 19.0. The van der Waals surface area contributed by atoms with Gasteiger partial charge in [0.2, 0.25) is 4.96 Å². The lowest BCUT2D eigenvalue weighted by atomic mass is 10.3. The monoisotopic (exact) mass is 309 g/mol. The van der Waals surface area contributed by atoms with Gasteiger partial charge < -0.3 is 10.1 Å². The van der Waals surface area contributed by atoms with Gasteiger partial charge in [0.1, 0.15) is 5.01 Å². The van der Waals surface area contributed by atoms with Crippen molar-refractivity contribution in [1.82, 2.24) is 24.8 Å². The van der Waals surface area contributed by atoms with Crippen molar-refractivity contribution in [3.63, 3.8) is 0 Å². The summed E-state index contributed by atoms with van der Waals surface area (Å²) in [7, 11) is 2.03. The molecule has 114 valence electrons. The van der Waals surface area contributed by atoms with Gasteiger partial charge >= 0.3 is 0 Å². The van der Waals surface area contributed by atoms with E-state index in [1.54, 1.807) is 0 Å². The summed E-state index contributed by atoms with van der Waals surface area (Å²) >= 11 is 1.46. The number of morpholine rings is 1. The number of ether oxygens (including phenoxy) is 1. The molecule has 21 heavy (non-hydrogen) atoms. The first kappa shape index (κ1) is 14.6. The van der Waals surface area contributed by atoms with Crippen LogP contribution in [0, 0.1) is 6.92 Å². The summed E-state index contributed by atoms with van der Waals surface area (Å²) in [5, 5.41) is 8.55. The summed E-state index contributed by atoms with van der Waals surface area (Å²) in [6.45, 7) is 5.91. The summed E-state index contributed by atoms with van der Waals surface area (Å²) in [5.74, 6) is 0. The number of hydrogen-bond donors (Lipinski definition) is 1. The minimum Gasteiger partial charge on any atom is -0.374 e. The molecule has 3 rings (SSSR count). The zero-order valence-corrected chi connectivity index (χ0v) is 13.0. The molecule has 1 saturated heterocycles. The molecule has 8 heteroatoms. The molecular formula is C13H19N5O2S. The van der Waals surface area contributed by atoms with Gasteiger partial charge in [0.05, 0.1) is 19.3 Å². The zero-order valence-electron chi connectivity index (χ0n) is 12.2. The van der Waals surface area contributed by atoms with E-state index < -0.39 is 0 Å². The molecular weight excluding hydrogens is 290 g/mol. The average Bonchev–Trinajstić information content (AvgIpc) is 2.82. The summed E-state index contributed by atoms with van der Waals surface area (Å²) in [5.41, 5.74) is 0.604. The fraction of sp³-hybridized carbons (Fsp3) is 0.615. The maximum Gasteiger partial charge on any atom is 0.275 e. The number of likely N-dealkylation sites (N-methyl/N-ethyl adjacent to an activating group) is 1. The first-order valence-electron chi connectivity index (χ1n) is 6.99. The Balaban J connectivity index is 1.69. The van der Waals surface area contributed by atoms with Crippen LogP contribution in [0.5, 0.6) is 0 Å². The Morgan fingerprint density at radius 1 is 1.62 bits per heavy atom. The Labute approximate surface area is 126 Å². The highest BCUT2D eigenvalue weighted by molar-refractivity contribution is 7.16. The predicted octanol–water partition coefficient (Wildman–Crippen LogP) is -0.120. The number of aromatic nitrogens is 3. The zero-order chi connectivity index (χ0) is 14.8. The smallest absolute Gasteiger partial charge is 0.275 e. The number of nitrogens with one attached hydrogen (secondary N) is 1. The number of nitrogens with zero attached hydrogens (tertiary/aromatic N) is 4. The van der Waals surface area contributed by atoms with Crippen molar-refractivity contribution in [3.8, 4) is 0 Å². The average molecular weight is 309 g/mol. The second-order valence-corrected chi connectivity index (χ2v) is 6.36. The van der Waals surface area contributed by atoms with E-state index in [1.165, 1.54) is 21.9 Å². The van der Waals surface area contributed by atoms with Crippen LogP contribution in [-0.2, 0) is 11.3 Å². The molecule has 1 unspecified atom stereocenters. The molecule has 0 aromatic carbocycles. The molecule has 1 atom stereocenters. The first-order valence-corrected chi connectivity index (χ1v) is 7.81. The molecule has 1 aliphatic rings. The maximum absolute atomic E-state index is 11.8. The van der Waals surface area contributed by atoms with E-state index in [1.807, 2.05) is 14.0 Å². The normalized spacial score (nSPS) is 19.5. The summed E-state index contributed by atoms with van der Waals surface area (Å²) in [6, 6.07) is 1.50. The van der Waals surface area contributed by atoms with Gasteiger partial charge in [-0.15, -0.1) is 0 Å². The van der Waals surface area contributed by atoms with Crippen molar-refractivity contribution >= 4 is 16.3 Å². The number of aryl methyl sites for hydroxylation is 1. The Bertz CT molecular complexity index is 677. The van der Waals surface area contributed by atoms with Crippen LogP contribution in [0.2, 0.25) is 0 Å². The second kappa shape index (κ2) is 6.18. The van der Waals surface area contributed by atoms with Crippen LogP contribution < -0.4 is 10.9 Å². The topological polar surface area (TPSA) is 71.8 Å². The Morgan fingerprint density at radius 2 is 2.48 bits per heavy atom. The molecule has 1 fully saturated rings. The molecule has 0 aliphatic carbocycles. The quantitative estimate of drug-likeness (QED) is 0.849. The minimum atomic E-state index is -0.123. The van der Waals surface area contributed by atoms with Crippen molar-refractivity contribution in [2.24, 2.45) is 0 Å². The minimum absolute atomic E-state index is 0.123. The highest BCUT2D eigenvalue weighted by Crippen LogP contribution is 2.13. The largest absolute Gasteiger partial charge is 0.374 e. The van der Waals surface area contributed by atoms with Crippen LogP contribution in [0.3, 0.4) is 0 Å². The third kappa shape index (κ3) is 3.46. The maximum atomic E-state index is 11.8. The van der Waals surface area contributed by atoms with Crippen molar-refractivity contribution in [2.75, 3.05) is 33.3 Å². The number of fused-ring (bicyclic) bond motifs is 1. The Hall–Kier alpha value is -1.35. The van der Waals surface area contributed by atoms with Crippen LogP contribution >= 0.6 is 11.3 Å². The van der Waals surface area contributed by atoms with Crippen LogP contribution in [0.15, 0.2) is 10.9 Å². The van der Waals surface area contributed by atoms with E-state index in [9.17, 15) is 4.79 Å². The summed E-state index contributed by atoms with van der Waals surface area (Å²) in [6.07, 6.45) is 0.209. The van der Waals surface area contributed by atoms with Crippen LogP contribution in [-0.4, -0.2) is 58.9 Å². The molecule has 0 spiro atoms.